The van der Waals surface area contributed by atoms with Gasteiger partial charge in [0.05, 0.1) is 33.0 Å². The number of aliphatic hydroxyl groups is 2. The second-order valence-electron chi connectivity index (χ2n) is 25.8. The predicted octanol–water partition coefficient (Wildman–Crippen LogP) is 11.5. The Kier molecular flexibility index (Phi) is 19.5. The minimum Gasteiger partial charge on any atom is -0.493 e. The number of benzene rings is 4. The lowest BCUT2D eigenvalue weighted by Gasteiger charge is -2.29. The zero-order chi connectivity index (χ0) is 58.7. The van der Waals surface area contributed by atoms with Gasteiger partial charge < -0.3 is 38.8 Å². The maximum absolute atomic E-state index is 13.8. The van der Waals surface area contributed by atoms with Gasteiger partial charge in [0.2, 0.25) is 0 Å². The number of nitrogens with one attached hydrogen (secondary N) is 1. The molecule has 1 unspecified atom stereocenters. The Labute approximate surface area is 473 Å². The number of phosphoric ester groups is 1. The van der Waals surface area contributed by atoms with Gasteiger partial charge in [-0.25, -0.2) is 9.36 Å². The average Bonchev–Trinajstić information content (AvgIpc) is 3.78. The molecule has 4 N–H and O–H groups in total. The first kappa shape index (κ1) is 62.4. The maximum atomic E-state index is 13.8. The zero-order valence-corrected chi connectivity index (χ0v) is 51.0. The molecule has 438 valence electrons. The van der Waals surface area contributed by atoms with Crippen molar-refractivity contribution in [3.8, 4) is 23.0 Å². The molecular formula is C64H89N2O13P. The average molecular weight is 1130 g/mol. The van der Waals surface area contributed by atoms with E-state index in [1.54, 1.807) is 6.92 Å². The highest BCUT2D eigenvalue weighted by atomic mass is 31.2. The number of ether oxygens (including phenoxy) is 5. The van der Waals surface area contributed by atoms with E-state index in [-0.39, 0.29) is 60.1 Å². The molecule has 4 atom stereocenters. The van der Waals surface area contributed by atoms with Crippen LogP contribution < -0.4 is 30.2 Å². The van der Waals surface area contributed by atoms with E-state index in [0.29, 0.717) is 44.6 Å². The molecule has 2 aliphatic rings. The van der Waals surface area contributed by atoms with E-state index in [0.717, 1.165) is 96.9 Å². The SMILES string of the molecule is CCCOc1c2cc(C(C)(C)C)cc1Cc1cc(C(C)(C)C)cc(c1OCCOP(=O)(O)O[C@H]1C[C@H](n3cc(C)c(=O)[nH]c3=O)O[C@@H]1CO)Cc1cc(C(C)(C)C)cc(c1OCCC)Cc1cc(C(C)(C)C)cc(c1OCCO)C2. The van der Waals surface area contributed by atoms with E-state index in [1.165, 1.54) is 10.8 Å². The van der Waals surface area contributed by atoms with Gasteiger partial charge in [0, 0.05) is 43.9 Å². The Hall–Kier alpha value is -5.25. The summed E-state index contributed by atoms with van der Waals surface area (Å²) < 4.78 is 59.7. The molecule has 2 heterocycles. The topological polar surface area (TPSA) is 197 Å². The number of hydrogen-bond acceptors (Lipinski definition) is 12. The van der Waals surface area contributed by atoms with Crippen molar-refractivity contribution in [2.24, 2.45) is 0 Å². The summed E-state index contributed by atoms with van der Waals surface area (Å²) in [5.41, 5.74) is 10.2. The van der Waals surface area contributed by atoms with Crippen molar-refractivity contribution in [1.82, 2.24) is 9.55 Å². The molecular weight excluding hydrogens is 1040 g/mol. The fraction of sp³-hybridized carbons (Fsp3) is 0.562. The molecule has 1 aliphatic carbocycles. The van der Waals surface area contributed by atoms with Gasteiger partial charge in [-0.05, 0) is 108 Å². The number of rotatable bonds is 18. The van der Waals surface area contributed by atoms with Crippen LogP contribution in [0, 0.1) is 6.92 Å². The van der Waals surface area contributed by atoms with Crippen LogP contribution in [0.15, 0.2) is 64.3 Å². The van der Waals surface area contributed by atoms with Crippen LogP contribution in [0.1, 0.15) is 195 Å². The molecule has 4 aromatic carbocycles. The van der Waals surface area contributed by atoms with Crippen LogP contribution in [-0.4, -0.2) is 83.1 Å². The minimum atomic E-state index is -4.83. The molecule has 8 bridgehead atoms. The molecule has 1 fully saturated rings. The lowest BCUT2D eigenvalue weighted by molar-refractivity contribution is -0.0466. The lowest BCUT2D eigenvalue weighted by Crippen LogP contribution is -2.33. The molecule has 0 spiro atoms. The smallest absolute Gasteiger partial charge is 0.472 e. The van der Waals surface area contributed by atoms with Gasteiger partial charge in [-0.15, -0.1) is 0 Å². The van der Waals surface area contributed by atoms with Crippen molar-refractivity contribution in [3.05, 3.63) is 148 Å². The number of nitrogens with zero attached hydrogens (tertiary/aromatic N) is 1. The number of aryl methyl sites for hydroxylation is 1. The van der Waals surface area contributed by atoms with Crippen molar-refractivity contribution >= 4 is 7.82 Å². The number of aromatic nitrogens is 2. The van der Waals surface area contributed by atoms with Gasteiger partial charge in [-0.1, -0.05) is 145 Å². The highest BCUT2D eigenvalue weighted by Crippen LogP contribution is 2.49. The molecule has 16 heteroatoms. The van der Waals surface area contributed by atoms with Crippen LogP contribution >= 0.6 is 7.82 Å². The van der Waals surface area contributed by atoms with Crippen molar-refractivity contribution in [2.75, 3.05) is 46.2 Å². The number of hydrogen-bond donors (Lipinski definition) is 4. The van der Waals surface area contributed by atoms with Gasteiger partial charge >= 0.3 is 13.5 Å². The molecule has 7 rings (SSSR count). The Morgan fingerprint density at radius 1 is 0.575 bits per heavy atom. The van der Waals surface area contributed by atoms with Crippen molar-refractivity contribution < 1.29 is 52.4 Å². The minimum absolute atomic E-state index is 0.0828. The number of phosphoric acid groups is 1. The van der Waals surface area contributed by atoms with Crippen LogP contribution in [0.2, 0.25) is 0 Å². The monoisotopic (exact) mass is 1120 g/mol. The highest BCUT2D eigenvalue weighted by molar-refractivity contribution is 7.47. The summed E-state index contributed by atoms with van der Waals surface area (Å²) in [6.45, 7) is 32.2. The lowest BCUT2D eigenvalue weighted by atomic mass is 9.79. The van der Waals surface area contributed by atoms with Gasteiger partial charge in [0.1, 0.15) is 54.6 Å². The molecule has 0 amide bonds. The first-order valence-electron chi connectivity index (χ1n) is 28.5. The normalized spacial score (nSPS) is 17.8. The molecule has 1 aromatic heterocycles. The van der Waals surface area contributed by atoms with Gasteiger partial charge in [-0.2, -0.15) is 0 Å². The van der Waals surface area contributed by atoms with Crippen molar-refractivity contribution in [3.63, 3.8) is 0 Å². The van der Waals surface area contributed by atoms with Gasteiger partial charge in [-0.3, -0.25) is 23.4 Å². The molecule has 80 heavy (non-hydrogen) atoms. The third kappa shape index (κ3) is 15.1. The molecule has 1 saturated heterocycles. The summed E-state index contributed by atoms with van der Waals surface area (Å²) in [6, 6.07) is 18.0. The summed E-state index contributed by atoms with van der Waals surface area (Å²) in [4.78, 5) is 38.3. The van der Waals surface area contributed by atoms with Crippen LogP contribution in [-0.2, 0) is 65.7 Å². The van der Waals surface area contributed by atoms with E-state index < -0.39 is 44.1 Å². The Morgan fingerprint density at radius 2 is 0.925 bits per heavy atom. The Bertz CT molecular complexity index is 3040. The maximum Gasteiger partial charge on any atom is 0.472 e. The molecule has 1 aliphatic heterocycles. The zero-order valence-electron chi connectivity index (χ0n) is 50.1. The fourth-order valence-electron chi connectivity index (χ4n) is 10.4. The van der Waals surface area contributed by atoms with Crippen molar-refractivity contribution in [2.45, 2.75) is 189 Å². The number of aliphatic hydroxyl groups excluding tert-OH is 2. The van der Waals surface area contributed by atoms with E-state index in [1.807, 2.05) is 0 Å². The van der Waals surface area contributed by atoms with E-state index in [9.17, 15) is 29.3 Å². The predicted molar refractivity (Wildman–Crippen MR) is 314 cm³/mol. The summed E-state index contributed by atoms with van der Waals surface area (Å²) in [5, 5.41) is 20.6. The summed E-state index contributed by atoms with van der Waals surface area (Å²) in [6.07, 6.45) is 1.40. The quantitative estimate of drug-likeness (QED) is 0.0469. The standard InChI is InChI=1S/C64H89N2O13P/c1-16-19-73-55-40-24-44-32-50(63(10,11)12)33-45(57(44)75-21-18-67)25-41-29-49(62(7,8)9)31-43(56(41)74-20-17-2)27-47-35-51(64(13,14)15)34-46(26-42(55)30-48(28-40)61(4,5)6)58(47)76-22-23-77-80(71,72)79-52-36-54(78-53(52)38-68)66-37-39(3)59(69)65-60(66)70/h28-35,37,52-54,67-68H,16-27,36,38H2,1-15H3,(H,71,72)(H,65,69,70)/t52-,53+,54+/m0/s1. The first-order valence-corrected chi connectivity index (χ1v) is 29.9. The molecule has 5 aromatic rings. The number of fused-ring (bicyclic) bond motifs is 8. The summed E-state index contributed by atoms with van der Waals surface area (Å²) in [7, 11) is -4.83. The second-order valence-corrected chi connectivity index (χ2v) is 27.2. The number of H-pyrrole nitrogens is 1. The van der Waals surface area contributed by atoms with Crippen LogP contribution in [0.5, 0.6) is 23.0 Å². The van der Waals surface area contributed by atoms with E-state index in [4.69, 9.17) is 32.7 Å². The number of aromatic amines is 1. The van der Waals surface area contributed by atoms with Crippen LogP contribution in [0.25, 0.3) is 0 Å². The third-order valence-corrected chi connectivity index (χ3v) is 15.9. The molecule has 0 saturated carbocycles. The second kappa shape index (κ2) is 25.1. The van der Waals surface area contributed by atoms with Gasteiger partial charge in [0.15, 0.2) is 0 Å². The van der Waals surface area contributed by atoms with Crippen molar-refractivity contribution in [1.29, 1.82) is 0 Å². The van der Waals surface area contributed by atoms with Crippen LogP contribution in [0.3, 0.4) is 0 Å². The largest absolute Gasteiger partial charge is 0.493 e. The Balaban J connectivity index is 1.41. The summed E-state index contributed by atoms with van der Waals surface area (Å²) >= 11 is 0. The van der Waals surface area contributed by atoms with Gasteiger partial charge in [0.25, 0.3) is 5.56 Å². The summed E-state index contributed by atoms with van der Waals surface area (Å²) in [5.74, 6) is 2.92. The van der Waals surface area contributed by atoms with Crippen LogP contribution in [0.4, 0.5) is 0 Å². The molecule has 0 radical (unpaired) electrons. The highest BCUT2D eigenvalue weighted by Gasteiger charge is 2.42. The van der Waals surface area contributed by atoms with E-state index >= 15 is 0 Å². The third-order valence-electron chi connectivity index (χ3n) is 14.9. The molecule has 15 nitrogen and oxygen atoms in total. The fourth-order valence-corrected chi connectivity index (χ4v) is 11.3. The first-order chi connectivity index (χ1) is 37.4. The van der Waals surface area contributed by atoms with E-state index in [2.05, 4.69) is 150 Å². The Morgan fingerprint density at radius 3 is 1.25 bits per heavy atom.